The van der Waals surface area contributed by atoms with Gasteiger partial charge >= 0.3 is 0 Å². The van der Waals surface area contributed by atoms with Crippen LogP contribution in [0.4, 0.5) is 5.69 Å². The number of halogens is 1. The Morgan fingerprint density at radius 1 is 0.938 bits per heavy atom. The van der Waals surface area contributed by atoms with E-state index >= 15 is 0 Å². The Balaban J connectivity index is 1.62. The number of nitrogens with one attached hydrogen (secondary N) is 1. The molecule has 9 nitrogen and oxygen atoms in total. The summed E-state index contributed by atoms with van der Waals surface area (Å²) in [6.07, 6.45) is 0. The molecule has 1 aliphatic heterocycles. The first-order chi connectivity index (χ1) is 15.0. The fourth-order valence-corrected chi connectivity index (χ4v) is 5.84. The molecule has 32 heavy (non-hydrogen) atoms. The summed E-state index contributed by atoms with van der Waals surface area (Å²) in [6.45, 7) is 1.77. The van der Waals surface area contributed by atoms with E-state index in [9.17, 15) is 21.6 Å². The Bertz CT molecular complexity index is 1160. The van der Waals surface area contributed by atoms with Gasteiger partial charge in [0, 0.05) is 43.9 Å². The van der Waals surface area contributed by atoms with Crippen LogP contribution >= 0.6 is 11.6 Å². The second kappa shape index (κ2) is 9.86. The van der Waals surface area contributed by atoms with Gasteiger partial charge in [0.1, 0.15) is 0 Å². The molecule has 174 valence electrons. The van der Waals surface area contributed by atoms with Gasteiger partial charge in [-0.1, -0.05) is 11.6 Å². The highest BCUT2D eigenvalue weighted by Gasteiger charge is 2.27. The van der Waals surface area contributed by atoms with Gasteiger partial charge in [0.05, 0.1) is 16.3 Å². The highest BCUT2D eigenvalue weighted by atomic mass is 35.5. The minimum Gasteiger partial charge on any atom is -0.325 e. The van der Waals surface area contributed by atoms with Crippen LogP contribution in [0.15, 0.2) is 58.3 Å². The van der Waals surface area contributed by atoms with Crippen LogP contribution < -0.4 is 5.32 Å². The van der Waals surface area contributed by atoms with E-state index in [0.29, 0.717) is 36.9 Å². The van der Waals surface area contributed by atoms with Gasteiger partial charge in [-0.3, -0.25) is 4.79 Å². The number of carbonyl (C=O) groups is 1. The number of amides is 1. The van der Waals surface area contributed by atoms with Gasteiger partial charge in [0.2, 0.25) is 26.0 Å². The molecular formula is C20H25ClN4O5S2. The van der Waals surface area contributed by atoms with Gasteiger partial charge < -0.3 is 10.2 Å². The van der Waals surface area contributed by atoms with Crippen LogP contribution in [0, 0.1) is 0 Å². The van der Waals surface area contributed by atoms with Crippen LogP contribution in [0.1, 0.15) is 0 Å². The minimum absolute atomic E-state index is 0.0238. The van der Waals surface area contributed by atoms with Gasteiger partial charge in [0.15, 0.2) is 0 Å². The predicted molar refractivity (Wildman–Crippen MR) is 123 cm³/mol. The van der Waals surface area contributed by atoms with Crippen molar-refractivity contribution in [3.63, 3.8) is 0 Å². The molecule has 1 fully saturated rings. The summed E-state index contributed by atoms with van der Waals surface area (Å²) in [6, 6.07) is 11.5. The number of likely N-dealkylation sites (N-methyl/N-ethyl adjacent to an activating group) is 2. The Morgan fingerprint density at radius 3 is 2.03 bits per heavy atom. The molecule has 0 aromatic heterocycles. The van der Waals surface area contributed by atoms with E-state index in [2.05, 4.69) is 10.2 Å². The molecular weight excluding hydrogens is 476 g/mol. The Morgan fingerprint density at radius 2 is 1.47 bits per heavy atom. The molecule has 0 spiro atoms. The van der Waals surface area contributed by atoms with Crippen molar-refractivity contribution >= 4 is 43.2 Å². The number of rotatable bonds is 7. The van der Waals surface area contributed by atoms with Crippen molar-refractivity contribution in [2.45, 2.75) is 9.79 Å². The lowest BCUT2D eigenvalue weighted by molar-refractivity contribution is -0.116. The molecule has 0 unspecified atom stereocenters. The number of piperazine rings is 1. The maximum atomic E-state index is 12.8. The van der Waals surface area contributed by atoms with Crippen LogP contribution in [0.25, 0.3) is 0 Å². The third kappa shape index (κ3) is 5.66. The van der Waals surface area contributed by atoms with Gasteiger partial charge in [-0.25, -0.2) is 16.8 Å². The van der Waals surface area contributed by atoms with Crippen molar-refractivity contribution in [3.8, 4) is 0 Å². The van der Waals surface area contributed by atoms with E-state index in [4.69, 9.17) is 11.6 Å². The molecule has 1 N–H and O–H groups in total. The molecule has 0 aliphatic carbocycles. The van der Waals surface area contributed by atoms with E-state index in [1.807, 2.05) is 7.05 Å². The third-order valence-electron chi connectivity index (χ3n) is 5.13. The van der Waals surface area contributed by atoms with Crippen molar-refractivity contribution in [3.05, 3.63) is 53.6 Å². The summed E-state index contributed by atoms with van der Waals surface area (Å²) in [4.78, 5) is 14.6. The molecule has 1 heterocycles. The van der Waals surface area contributed by atoms with E-state index in [1.54, 1.807) is 0 Å². The fraction of sp³-hybridized carbons (Fsp3) is 0.350. The maximum absolute atomic E-state index is 12.8. The largest absolute Gasteiger partial charge is 0.325 e. The Kier molecular flexibility index (Phi) is 7.58. The Hall–Kier alpha value is -2.02. The SMILES string of the molecule is CN1CCN(S(=O)(=O)c2ccc(NC(=O)CN(C)S(=O)(=O)c3ccc(Cl)cc3)cc2)CC1. The molecule has 2 aromatic rings. The van der Waals surface area contributed by atoms with E-state index < -0.39 is 32.5 Å². The van der Waals surface area contributed by atoms with Crippen molar-refractivity contribution < 1.29 is 21.6 Å². The molecule has 3 rings (SSSR count). The summed E-state index contributed by atoms with van der Waals surface area (Å²) in [7, 11) is -4.22. The number of anilines is 1. The number of carbonyl (C=O) groups excluding carboxylic acids is 1. The lowest BCUT2D eigenvalue weighted by Gasteiger charge is -2.31. The topological polar surface area (TPSA) is 107 Å². The lowest BCUT2D eigenvalue weighted by atomic mass is 10.3. The van der Waals surface area contributed by atoms with Crippen molar-refractivity contribution in [2.75, 3.05) is 52.1 Å². The van der Waals surface area contributed by atoms with E-state index in [0.717, 1.165) is 4.31 Å². The molecule has 0 atom stereocenters. The number of hydrogen-bond donors (Lipinski definition) is 1. The lowest BCUT2D eigenvalue weighted by Crippen LogP contribution is -2.46. The summed E-state index contributed by atoms with van der Waals surface area (Å²) in [5.74, 6) is -0.556. The van der Waals surface area contributed by atoms with E-state index in [-0.39, 0.29) is 9.79 Å². The van der Waals surface area contributed by atoms with Gasteiger partial charge in [0.25, 0.3) is 0 Å². The van der Waals surface area contributed by atoms with E-state index in [1.165, 1.54) is 59.9 Å². The van der Waals surface area contributed by atoms with Crippen molar-refractivity contribution in [2.24, 2.45) is 0 Å². The predicted octanol–water partition coefficient (Wildman–Crippen LogP) is 1.54. The van der Waals surface area contributed by atoms with Crippen LogP contribution in [0.3, 0.4) is 0 Å². The highest BCUT2D eigenvalue weighted by molar-refractivity contribution is 7.89. The number of sulfonamides is 2. The van der Waals surface area contributed by atoms with Crippen LogP contribution in [-0.4, -0.2) is 83.1 Å². The molecule has 2 aromatic carbocycles. The average Bonchev–Trinajstić information content (AvgIpc) is 2.74. The molecule has 1 aliphatic rings. The summed E-state index contributed by atoms with van der Waals surface area (Å²) < 4.78 is 53.1. The summed E-state index contributed by atoms with van der Waals surface area (Å²) in [5.41, 5.74) is 0.365. The summed E-state index contributed by atoms with van der Waals surface area (Å²) in [5, 5.41) is 2.99. The number of nitrogens with zero attached hydrogens (tertiary/aromatic N) is 3. The molecule has 0 bridgehead atoms. The maximum Gasteiger partial charge on any atom is 0.243 e. The minimum atomic E-state index is -3.86. The monoisotopic (exact) mass is 500 g/mol. The standard InChI is InChI=1S/C20H25ClN4O5S2/c1-23-11-13-25(14-12-23)32(29,30)19-9-5-17(6-10-19)22-20(26)15-24(2)31(27,28)18-7-3-16(21)4-8-18/h3-10H,11-15H2,1-2H3,(H,22,26). The molecule has 1 amide bonds. The summed E-state index contributed by atoms with van der Waals surface area (Å²) >= 11 is 5.79. The first-order valence-corrected chi connectivity index (χ1v) is 13.1. The first-order valence-electron chi connectivity index (χ1n) is 9.81. The average molecular weight is 501 g/mol. The normalized spacial score (nSPS) is 16.2. The highest BCUT2D eigenvalue weighted by Crippen LogP contribution is 2.20. The van der Waals surface area contributed by atoms with Crippen LogP contribution in [-0.2, 0) is 24.8 Å². The second-order valence-electron chi connectivity index (χ2n) is 7.49. The fourth-order valence-electron chi connectivity index (χ4n) is 3.16. The number of hydrogen-bond acceptors (Lipinski definition) is 6. The molecule has 12 heteroatoms. The Labute approximate surface area is 193 Å². The van der Waals surface area contributed by atoms with Crippen molar-refractivity contribution in [1.29, 1.82) is 0 Å². The van der Waals surface area contributed by atoms with Crippen molar-refractivity contribution in [1.82, 2.24) is 13.5 Å². The van der Waals surface area contributed by atoms with Gasteiger partial charge in [-0.05, 0) is 55.6 Å². The molecule has 1 saturated heterocycles. The zero-order valence-electron chi connectivity index (χ0n) is 17.7. The molecule has 0 saturated carbocycles. The first kappa shape index (κ1) is 24.6. The zero-order chi connectivity index (χ0) is 23.5. The number of benzene rings is 2. The van der Waals surface area contributed by atoms with Crippen LogP contribution in [0.5, 0.6) is 0 Å². The van der Waals surface area contributed by atoms with Gasteiger partial charge in [-0.2, -0.15) is 8.61 Å². The van der Waals surface area contributed by atoms with Gasteiger partial charge in [-0.15, -0.1) is 0 Å². The second-order valence-corrected chi connectivity index (χ2v) is 11.9. The van der Waals surface area contributed by atoms with Crippen LogP contribution in [0.2, 0.25) is 5.02 Å². The third-order valence-corrected chi connectivity index (χ3v) is 9.11. The smallest absolute Gasteiger partial charge is 0.243 e. The molecule has 0 radical (unpaired) electrons. The zero-order valence-corrected chi connectivity index (χ0v) is 20.1. The quantitative estimate of drug-likeness (QED) is 0.618.